The summed E-state index contributed by atoms with van der Waals surface area (Å²) in [7, 11) is 0. The molecule has 166 valence electrons. The number of furan rings is 1. The van der Waals surface area contributed by atoms with Crippen LogP contribution in [0, 0.1) is 6.92 Å². The minimum Gasteiger partial charge on any atom is -0.465 e. The average molecular weight is 505 g/mol. The van der Waals surface area contributed by atoms with Gasteiger partial charge in [-0.05, 0) is 64.3 Å². The number of anilines is 1. The lowest BCUT2D eigenvalue weighted by Gasteiger charge is -2.08. The van der Waals surface area contributed by atoms with Gasteiger partial charge < -0.3 is 14.1 Å². The lowest BCUT2D eigenvalue weighted by molar-refractivity contribution is 0.210. The molecule has 0 unspecified atom stereocenters. The van der Waals surface area contributed by atoms with Crippen LogP contribution < -0.4 is 5.32 Å². The first-order chi connectivity index (χ1) is 16.0. The number of amides is 1. The van der Waals surface area contributed by atoms with Gasteiger partial charge in [-0.2, -0.15) is 0 Å². The quantitative estimate of drug-likeness (QED) is 0.280. The Morgan fingerprint density at radius 1 is 1.21 bits per heavy atom. The monoisotopic (exact) mass is 504 g/mol. The summed E-state index contributed by atoms with van der Waals surface area (Å²) >= 11 is 3.68. The molecule has 0 aliphatic carbocycles. The Labute approximate surface area is 198 Å². The number of benzene rings is 2. The van der Waals surface area contributed by atoms with E-state index < -0.39 is 6.09 Å². The fourth-order valence-corrected chi connectivity index (χ4v) is 4.70. The van der Waals surface area contributed by atoms with Crippen molar-refractivity contribution in [3.63, 3.8) is 0 Å². The van der Waals surface area contributed by atoms with Crippen LogP contribution in [0.1, 0.15) is 23.9 Å². The summed E-state index contributed by atoms with van der Waals surface area (Å²) in [5.41, 5.74) is 5.86. The second kappa shape index (κ2) is 8.37. The summed E-state index contributed by atoms with van der Waals surface area (Å²) in [4.78, 5) is 20.6. The third kappa shape index (κ3) is 3.76. The Morgan fingerprint density at radius 3 is 2.82 bits per heavy atom. The van der Waals surface area contributed by atoms with Crippen molar-refractivity contribution in [2.45, 2.75) is 26.8 Å². The van der Waals surface area contributed by atoms with Gasteiger partial charge in [0.25, 0.3) is 0 Å². The number of hydrogen-bond donors (Lipinski definition) is 2. The first kappa shape index (κ1) is 21.2. The summed E-state index contributed by atoms with van der Waals surface area (Å²) in [6, 6.07) is 15.2. The molecule has 5 aromatic rings. The van der Waals surface area contributed by atoms with Crippen LogP contribution in [0.2, 0.25) is 0 Å². The molecule has 5 rings (SSSR count). The van der Waals surface area contributed by atoms with E-state index in [-0.39, 0.29) is 0 Å². The SMILES string of the molecule is CCc1nc2c(C)ccnc2n1Cc1ccc2oc(-c3ccccc3NC(=O)O)c(Br)c2c1. The lowest BCUT2D eigenvalue weighted by Crippen LogP contribution is -2.08. The normalized spacial score (nSPS) is 11.4. The number of nitrogens with zero attached hydrogens (tertiary/aromatic N) is 3. The number of imidazole rings is 1. The Hall–Kier alpha value is -3.65. The molecule has 0 saturated heterocycles. The van der Waals surface area contributed by atoms with Gasteiger partial charge >= 0.3 is 6.09 Å². The van der Waals surface area contributed by atoms with Gasteiger partial charge in [-0.25, -0.2) is 14.8 Å². The fourth-order valence-electron chi connectivity index (χ4n) is 4.09. The molecule has 0 fully saturated rings. The van der Waals surface area contributed by atoms with Crippen molar-refractivity contribution in [3.05, 3.63) is 76.2 Å². The van der Waals surface area contributed by atoms with Crippen molar-refractivity contribution in [3.8, 4) is 11.3 Å². The minimum atomic E-state index is -1.12. The maximum atomic E-state index is 11.2. The number of rotatable bonds is 5. The highest BCUT2D eigenvalue weighted by molar-refractivity contribution is 9.10. The number of fused-ring (bicyclic) bond motifs is 2. The molecular weight excluding hydrogens is 484 g/mol. The Kier molecular flexibility index (Phi) is 5.38. The van der Waals surface area contributed by atoms with Crippen LogP contribution in [-0.4, -0.2) is 25.7 Å². The maximum Gasteiger partial charge on any atom is 0.409 e. The zero-order valence-corrected chi connectivity index (χ0v) is 19.7. The number of para-hydroxylation sites is 1. The number of halogens is 1. The molecule has 0 aliphatic heterocycles. The zero-order chi connectivity index (χ0) is 23.1. The molecular formula is C25H21BrN4O3. The van der Waals surface area contributed by atoms with E-state index in [4.69, 9.17) is 9.40 Å². The lowest BCUT2D eigenvalue weighted by atomic mass is 10.1. The summed E-state index contributed by atoms with van der Waals surface area (Å²) in [5, 5.41) is 12.5. The molecule has 3 heterocycles. The van der Waals surface area contributed by atoms with Gasteiger partial charge in [0, 0.05) is 23.6 Å². The van der Waals surface area contributed by atoms with E-state index in [9.17, 15) is 9.90 Å². The highest BCUT2D eigenvalue weighted by Crippen LogP contribution is 2.41. The fraction of sp³-hybridized carbons (Fsp3) is 0.160. The van der Waals surface area contributed by atoms with E-state index in [0.29, 0.717) is 29.1 Å². The largest absolute Gasteiger partial charge is 0.465 e. The number of aromatic nitrogens is 3. The van der Waals surface area contributed by atoms with E-state index >= 15 is 0 Å². The van der Waals surface area contributed by atoms with Gasteiger partial charge in [-0.15, -0.1) is 0 Å². The number of carboxylic acid groups (broad SMARTS) is 1. The van der Waals surface area contributed by atoms with E-state index in [1.807, 2.05) is 43.5 Å². The molecule has 0 atom stereocenters. The van der Waals surface area contributed by atoms with E-state index in [1.54, 1.807) is 12.1 Å². The van der Waals surface area contributed by atoms with Crippen LogP contribution in [-0.2, 0) is 13.0 Å². The molecule has 7 nitrogen and oxygen atoms in total. The molecule has 0 radical (unpaired) electrons. The topological polar surface area (TPSA) is 93.2 Å². The van der Waals surface area contributed by atoms with Crippen LogP contribution in [0.4, 0.5) is 10.5 Å². The molecule has 8 heteroatoms. The molecule has 0 saturated carbocycles. The molecule has 2 N–H and O–H groups in total. The van der Waals surface area contributed by atoms with Crippen molar-refractivity contribution >= 4 is 49.8 Å². The molecule has 0 spiro atoms. The van der Waals surface area contributed by atoms with Gasteiger partial charge in [-0.3, -0.25) is 5.32 Å². The van der Waals surface area contributed by atoms with Crippen molar-refractivity contribution in [2.24, 2.45) is 0 Å². The first-order valence-corrected chi connectivity index (χ1v) is 11.4. The van der Waals surface area contributed by atoms with E-state index in [2.05, 4.69) is 43.8 Å². The highest BCUT2D eigenvalue weighted by atomic mass is 79.9. The van der Waals surface area contributed by atoms with Crippen LogP contribution in [0.25, 0.3) is 33.5 Å². The van der Waals surface area contributed by atoms with Crippen LogP contribution in [0.15, 0.2) is 63.6 Å². The third-order valence-electron chi connectivity index (χ3n) is 5.68. The smallest absolute Gasteiger partial charge is 0.409 e. The molecule has 0 aliphatic rings. The predicted octanol–water partition coefficient (Wildman–Crippen LogP) is 6.62. The molecule has 3 aromatic heterocycles. The molecule has 1 amide bonds. The summed E-state index contributed by atoms with van der Waals surface area (Å²) in [6.07, 6.45) is 1.51. The van der Waals surface area contributed by atoms with Crippen LogP contribution in [0.3, 0.4) is 0 Å². The summed E-state index contributed by atoms with van der Waals surface area (Å²) in [5.74, 6) is 1.57. The number of hydrogen-bond acceptors (Lipinski definition) is 4. The standard InChI is InChI=1S/C25H21BrN4O3/c1-3-20-29-22-14(2)10-11-27-24(22)30(20)13-15-8-9-19-17(12-15)21(26)23(33-19)16-6-4-5-7-18(16)28-25(31)32/h4-12,28H,3,13H2,1-2H3,(H,31,32). The summed E-state index contributed by atoms with van der Waals surface area (Å²) in [6.45, 7) is 4.78. The van der Waals surface area contributed by atoms with Gasteiger partial charge in [0.05, 0.1) is 16.7 Å². The molecule has 2 aromatic carbocycles. The van der Waals surface area contributed by atoms with Crippen LogP contribution >= 0.6 is 15.9 Å². The number of pyridine rings is 1. The van der Waals surface area contributed by atoms with Crippen molar-refractivity contribution in [2.75, 3.05) is 5.32 Å². The predicted molar refractivity (Wildman–Crippen MR) is 132 cm³/mol. The molecule has 0 bridgehead atoms. The van der Waals surface area contributed by atoms with E-state index in [0.717, 1.165) is 44.4 Å². The summed E-state index contributed by atoms with van der Waals surface area (Å²) < 4.78 is 9.05. The Morgan fingerprint density at radius 2 is 2.03 bits per heavy atom. The van der Waals surface area contributed by atoms with Crippen molar-refractivity contribution in [1.29, 1.82) is 0 Å². The third-order valence-corrected chi connectivity index (χ3v) is 6.46. The zero-order valence-electron chi connectivity index (χ0n) is 18.1. The van der Waals surface area contributed by atoms with Gasteiger partial charge in [0.2, 0.25) is 0 Å². The van der Waals surface area contributed by atoms with Gasteiger partial charge in [0.15, 0.2) is 11.4 Å². The van der Waals surface area contributed by atoms with Gasteiger partial charge in [0.1, 0.15) is 16.9 Å². The first-order valence-electron chi connectivity index (χ1n) is 10.6. The van der Waals surface area contributed by atoms with E-state index in [1.165, 1.54) is 0 Å². The Bertz CT molecular complexity index is 1520. The number of carbonyl (C=O) groups is 1. The average Bonchev–Trinajstić information content (AvgIpc) is 3.32. The second-order valence-corrected chi connectivity index (χ2v) is 8.61. The minimum absolute atomic E-state index is 0.462. The van der Waals surface area contributed by atoms with Crippen LogP contribution in [0.5, 0.6) is 0 Å². The van der Waals surface area contributed by atoms with Crippen molar-refractivity contribution < 1.29 is 14.3 Å². The number of nitrogens with one attached hydrogen (secondary N) is 1. The second-order valence-electron chi connectivity index (χ2n) is 7.82. The Balaban J connectivity index is 1.58. The molecule has 33 heavy (non-hydrogen) atoms. The van der Waals surface area contributed by atoms with Crippen molar-refractivity contribution in [1.82, 2.24) is 14.5 Å². The van der Waals surface area contributed by atoms with Gasteiger partial charge in [-0.1, -0.05) is 25.1 Å². The maximum absolute atomic E-state index is 11.2. The number of aryl methyl sites for hydroxylation is 2. The highest BCUT2D eigenvalue weighted by Gasteiger charge is 2.19.